The Labute approximate surface area is 219 Å². The highest BCUT2D eigenvalue weighted by molar-refractivity contribution is 5.80. The third-order valence-electron chi connectivity index (χ3n) is 7.72. The van der Waals surface area contributed by atoms with Gasteiger partial charge in [0, 0.05) is 39.1 Å². The topological polar surface area (TPSA) is 86.0 Å². The Morgan fingerprint density at radius 2 is 2.00 bits per heavy atom. The second kappa shape index (κ2) is 10.1. The van der Waals surface area contributed by atoms with Gasteiger partial charge in [-0.05, 0) is 67.8 Å². The lowest BCUT2D eigenvalue weighted by Crippen LogP contribution is -2.54. The summed E-state index contributed by atoms with van der Waals surface area (Å²) in [6, 6.07) is 13.1. The predicted molar refractivity (Wildman–Crippen MR) is 137 cm³/mol. The van der Waals surface area contributed by atoms with E-state index in [0.717, 1.165) is 42.0 Å². The zero-order chi connectivity index (χ0) is 26.9. The van der Waals surface area contributed by atoms with Gasteiger partial charge in [0.2, 0.25) is 5.91 Å². The van der Waals surface area contributed by atoms with Crippen molar-refractivity contribution >= 4 is 11.6 Å². The second-order valence-corrected chi connectivity index (χ2v) is 10.0. The Balaban J connectivity index is 1.42. The van der Waals surface area contributed by atoms with Gasteiger partial charge in [0.1, 0.15) is 6.07 Å². The van der Waals surface area contributed by atoms with Gasteiger partial charge in [-0.1, -0.05) is 6.07 Å². The van der Waals surface area contributed by atoms with Gasteiger partial charge >= 0.3 is 6.18 Å². The van der Waals surface area contributed by atoms with Gasteiger partial charge in [-0.15, -0.1) is 0 Å². The van der Waals surface area contributed by atoms with E-state index in [4.69, 9.17) is 4.98 Å². The monoisotopic (exact) mass is 522 g/mol. The molecule has 2 saturated heterocycles. The number of hydrogen-bond donors (Lipinski definition) is 2. The molecule has 1 atom stereocenters. The smallest absolute Gasteiger partial charge is 0.370 e. The van der Waals surface area contributed by atoms with E-state index in [2.05, 4.69) is 10.6 Å². The van der Waals surface area contributed by atoms with Gasteiger partial charge in [0.15, 0.2) is 0 Å². The summed E-state index contributed by atoms with van der Waals surface area (Å²) in [4.78, 5) is 19.9. The van der Waals surface area contributed by atoms with Crippen LogP contribution in [-0.4, -0.2) is 41.6 Å². The van der Waals surface area contributed by atoms with E-state index in [-0.39, 0.29) is 17.4 Å². The van der Waals surface area contributed by atoms with Gasteiger partial charge in [0.25, 0.3) is 0 Å². The summed E-state index contributed by atoms with van der Waals surface area (Å²) in [5, 5.41) is 16.1. The molecule has 5 rings (SSSR count). The molecular weight excluding hydrogens is 493 g/mol. The van der Waals surface area contributed by atoms with Crippen molar-refractivity contribution < 1.29 is 18.0 Å². The molecule has 4 heterocycles. The van der Waals surface area contributed by atoms with Crippen LogP contribution in [0.4, 0.5) is 18.9 Å². The van der Waals surface area contributed by atoms with Crippen molar-refractivity contribution in [3.63, 3.8) is 0 Å². The van der Waals surface area contributed by atoms with E-state index in [1.54, 1.807) is 0 Å². The van der Waals surface area contributed by atoms with Gasteiger partial charge < -0.3 is 20.1 Å². The molecule has 7 nitrogen and oxygen atoms in total. The number of aryl methyl sites for hydroxylation is 1. The van der Waals surface area contributed by atoms with Crippen LogP contribution in [0.5, 0.6) is 0 Å². The molecule has 0 bridgehead atoms. The SMILES string of the molecule is Cn1cccc1-c1ccc(C2(NC(=O)[C@H]3CCNC3)CCN(c3ccc(C(F)(F)F)cc3C#N)CC2)cn1. The normalized spacial score (nSPS) is 19.2. The van der Waals surface area contributed by atoms with Crippen LogP contribution in [0.3, 0.4) is 0 Å². The molecule has 198 valence electrons. The number of carbonyl (C=O) groups is 1. The summed E-state index contributed by atoms with van der Waals surface area (Å²) in [7, 11) is 1.95. The number of nitrogens with one attached hydrogen (secondary N) is 2. The van der Waals surface area contributed by atoms with Crippen LogP contribution in [0, 0.1) is 17.2 Å². The van der Waals surface area contributed by atoms with Crippen LogP contribution in [0.2, 0.25) is 0 Å². The van der Waals surface area contributed by atoms with Crippen molar-refractivity contribution in [1.29, 1.82) is 5.26 Å². The fourth-order valence-electron chi connectivity index (χ4n) is 5.46. The summed E-state index contributed by atoms with van der Waals surface area (Å²) < 4.78 is 41.5. The molecule has 3 aromatic rings. The number of alkyl halides is 3. The average Bonchev–Trinajstić information content (AvgIpc) is 3.61. The highest BCUT2D eigenvalue weighted by Crippen LogP contribution is 2.38. The molecule has 0 radical (unpaired) electrons. The van der Waals surface area contributed by atoms with E-state index in [0.29, 0.717) is 38.2 Å². The van der Waals surface area contributed by atoms with Crippen LogP contribution >= 0.6 is 0 Å². The van der Waals surface area contributed by atoms with Crippen LogP contribution in [0.25, 0.3) is 11.4 Å². The number of benzene rings is 1. The van der Waals surface area contributed by atoms with Crippen molar-refractivity contribution in [1.82, 2.24) is 20.2 Å². The van der Waals surface area contributed by atoms with Gasteiger partial charge in [0.05, 0.1) is 39.7 Å². The van der Waals surface area contributed by atoms with Crippen molar-refractivity contribution in [2.24, 2.45) is 13.0 Å². The first-order chi connectivity index (χ1) is 18.2. The molecule has 2 N–H and O–H groups in total. The summed E-state index contributed by atoms with van der Waals surface area (Å²) in [5.74, 6) is -0.122. The number of piperidine rings is 1. The second-order valence-electron chi connectivity index (χ2n) is 10.0. The van der Waals surface area contributed by atoms with Crippen LogP contribution in [-0.2, 0) is 23.6 Å². The largest absolute Gasteiger partial charge is 0.416 e. The first-order valence-corrected chi connectivity index (χ1v) is 12.7. The number of nitrogens with zero attached hydrogens (tertiary/aromatic N) is 4. The van der Waals surface area contributed by atoms with Gasteiger partial charge in [-0.25, -0.2) is 0 Å². The zero-order valence-corrected chi connectivity index (χ0v) is 21.1. The number of aromatic nitrogens is 2. The average molecular weight is 523 g/mol. The summed E-state index contributed by atoms with van der Waals surface area (Å²) in [6.07, 6.45) is 1.07. The lowest BCUT2D eigenvalue weighted by molar-refractivity contribution is -0.137. The third-order valence-corrected chi connectivity index (χ3v) is 7.72. The maximum absolute atomic E-state index is 13.2. The number of rotatable bonds is 5. The Kier molecular flexibility index (Phi) is 6.88. The number of pyridine rings is 1. The summed E-state index contributed by atoms with van der Waals surface area (Å²) >= 11 is 0. The first kappa shape index (κ1) is 25.8. The molecule has 2 aromatic heterocycles. The number of nitriles is 1. The minimum Gasteiger partial charge on any atom is -0.370 e. The zero-order valence-electron chi connectivity index (χ0n) is 21.1. The van der Waals surface area contributed by atoms with Crippen molar-refractivity contribution in [3.8, 4) is 17.5 Å². The number of anilines is 1. The molecule has 0 spiro atoms. The number of hydrogen-bond acceptors (Lipinski definition) is 5. The van der Waals surface area contributed by atoms with Crippen molar-refractivity contribution in [3.05, 3.63) is 71.5 Å². The van der Waals surface area contributed by atoms with Crippen LogP contribution < -0.4 is 15.5 Å². The molecule has 1 amide bonds. The molecule has 2 fully saturated rings. The Morgan fingerprint density at radius 3 is 2.58 bits per heavy atom. The minimum absolute atomic E-state index is 0.0118. The lowest BCUT2D eigenvalue weighted by Gasteiger charge is -2.44. The fraction of sp³-hybridized carbons (Fsp3) is 0.393. The first-order valence-electron chi connectivity index (χ1n) is 12.7. The van der Waals surface area contributed by atoms with Gasteiger partial charge in [-0.2, -0.15) is 18.4 Å². The van der Waals surface area contributed by atoms with E-state index in [9.17, 15) is 23.2 Å². The number of amides is 1. The van der Waals surface area contributed by atoms with E-state index >= 15 is 0 Å². The molecule has 1 aromatic carbocycles. The lowest BCUT2D eigenvalue weighted by atomic mass is 9.80. The third kappa shape index (κ3) is 4.98. The van der Waals surface area contributed by atoms with Crippen LogP contribution in [0.1, 0.15) is 36.0 Å². The van der Waals surface area contributed by atoms with Crippen molar-refractivity contribution in [2.75, 3.05) is 31.1 Å². The van der Waals surface area contributed by atoms with E-state index in [1.165, 1.54) is 6.07 Å². The maximum atomic E-state index is 13.2. The quantitative estimate of drug-likeness (QED) is 0.525. The van der Waals surface area contributed by atoms with Crippen LogP contribution in [0.15, 0.2) is 54.9 Å². The maximum Gasteiger partial charge on any atom is 0.416 e. The molecule has 0 saturated carbocycles. The van der Waals surface area contributed by atoms with E-state index < -0.39 is 17.3 Å². The Hall–Kier alpha value is -3.84. The summed E-state index contributed by atoms with van der Waals surface area (Å²) in [5.41, 5.74) is 1.64. The van der Waals surface area contributed by atoms with Gasteiger partial charge in [-0.3, -0.25) is 9.78 Å². The summed E-state index contributed by atoms with van der Waals surface area (Å²) in [6.45, 7) is 2.36. The molecular formula is C28H29F3N6O. The van der Waals surface area contributed by atoms with E-state index in [1.807, 2.05) is 59.2 Å². The molecule has 10 heteroatoms. The molecule has 2 aliphatic rings. The predicted octanol–water partition coefficient (Wildman–Crippen LogP) is 4.20. The molecule has 2 aliphatic heterocycles. The molecule has 0 unspecified atom stereocenters. The van der Waals surface area contributed by atoms with Crippen molar-refractivity contribution in [2.45, 2.75) is 31.0 Å². The Morgan fingerprint density at radius 1 is 1.21 bits per heavy atom. The standard InChI is InChI=1S/C28H29F3N6O/c1-36-12-2-3-25(36)23-6-4-22(18-34-23)27(35-26(38)19-8-11-33-17-19)9-13-37(14-10-27)24-7-5-21(28(29,30)31)15-20(24)16-32/h2-7,12,15,18-19,33H,8-11,13-14,17H2,1H3,(H,35,38)/t19-/m0/s1. The molecule has 0 aliphatic carbocycles. The minimum atomic E-state index is -4.51. The number of halogens is 3. The molecule has 38 heavy (non-hydrogen) atoms. The highest BCUT2D eigenvalue weighted by atomic mass is 19.4. The number of carbonyl (C=O) groups excluding carboxylic acids is 1. The highest BCUT2D eigenvalue weighted by Gasteiger charge is 2.40. The fourth-order valence-corrected chi connectivity index (χ4v) is 5.46. The Bertz CT molecular complexity index is 1340.